The maximum Gasteiger partial charge on any atom is 0.247 e. The van der Waals surface area contributed by atoms with Crippen LogP contribution in [-0.2, 0) is 5.54 Å². The molecule has 0 aliphatic heterocycles. The van der Waals surface area contributed by atoms with Crippen molar-refractivity contribution in [3.63, 3.8) is 0 Å². The molecule has 0 bridgehead atoms. The molecule has 88 valence electrons. The molecule has 0 amide bonds. The summed E-state index contributed by atoms with van der Waals surface area (Å²) in [4.78, 5) is 8.42. The summed E-state index contributed by atoms with van der Waals surface area (Å²) in [6, 6.07) is 3.75. The molecule has 1 aliphatic rings. The zero-order valence-corrected chi connectivity index (χ0v) is 9.47. The minimum atomic E-state index is -0.423. The van der Waals surface area contributed by atoms with Gasteiger partial charge >= 0.3 is 0 Å². The van der Waals surface area contributed by atoms with Crippen LogP contribution in [-0.4, -0.2) is 15.1 Å². The van der Waals surface area contributed by atoms with Crippen molar-refractivity contribution in [2.45, 2.75) is 31.2 Å². The number of rotatable bonds is 2. The molecular weight excluding hydrogens is 216 g/mol. The molecule has 17 heavy (non-hydrogen) atoms. The molecule has 0 atom stereocenters. The van der Waals surface area contributed by atoms with Crippen molar-refractivity contribution >= 4 is 0 Å². The summed E-state index contributed by atoms with van der Waals surface area (Å²) in [6.07, 6.45) is 7.52. The standard InChI is InChI=1S/C12H14N4O/c13-12(5-1-2-6-12)11-15-10(16-17-11)9-4-3-7-14-8-9/h3-4,7-8H,1-2,5-6,13H2. The van der Waals surface area contributed by atoms with E-state index in [0.717, 1.165) is 31.2 Å². The van der Waals surface area contributed by atoms with Gasteiger partial charge in [0.1, 0.15) is 0 Å². The minimum Gasteiger partial charge on any atom is -0.337 e. The van der Waals surface area contributed by atoms with Gasteiger partial charge in [0, 0.05) is 18.0 Å². The molecule has 2 aromatic heterocycles. The molecule has 2 heterocycles. The van der Waals surface area contributed by atoms with E-state index in [1.54, 1.807) is 12.4 Å². The molecule has 5 heteroatoms. The van der Waals surface area contributed by atoms with Crippen LogP contribution in [0.1, 0.15) is 31.6 Å². The topological polar surface area (TPSA) is 77.8 Å². The van der Waals surface area contributed by atoms with E-state index in [9.17, 15) is 0 Å². The van der Waals surface area contributed by atoms with Crippen LogP contribution in [0.15, 0.2) is 29.0 Å². The van der Waals surface area contributed by atoms with E-state index in [2.05, 4.69) is 15.1 Å². The smallest absolute Gasteiger partial charge is 0.247 e. The van der Waals surface area contributed by atoms with Gasteiger partial charge in [-0.15, -0.1) is 0 Å². The van der Waals surface area contributed by atoms with Gasteiger partial charge in [0.05, 0.1) is 5.54 Å². The SMILES string of the molecule is NC1(c2nc(-c3cccnc3)no2)CCCC1. The fourth-order valence-electron chi connectivity index (χ4n) is 2.26. The third kappa shape index (κ3) is 1.82. The number of nitrogens with zero attached hydrogens (tertiary/aromatic N) is 3. The zero-order valence-electron chi connectivity index (χ0n) is 9.47. The molecule has 0 aromatic carbocycles. The molecule has 0 unspecified atom stereocenters. The van der Waals surface area contributed by atoms with Gasteiger partial charge in [0.2, 0.25) is 11.7 Å². The second kappa shape index (κ2) is 3.92. The van der Waals surface area contributed by atoms with E-state index in [0.29, 0.717) is 11.7 Å². The molecule has 3 rings (SSSR count). The first-order valence-electron chi connectivity index (χ1n) is 5.81. The predicted octanol–water partition coefficient (Wildman–Crippen LogP) is 1.86. The van der Waals surface area contributed by atoms with Crippen molar-refractivity contribution in [2.24, 2.45) is 5.73 Å². The fraction of sp³-hybridized carbons (Fsp3) is 0.417. The zero-order chi connectivity index (χ0) is 11.7. The average molecular weight is 230 g/mol. The Labute approximate surface area is 99.1 Å². The van der Waals surface area contributed by atoms with E-state index in [4.69, 9.17) is 10.3 Å². The van der Waals surface area contributed by atoms with E-state index >= 15 is 0 Å². The number of nitrogens with two attached hydrogens (primary N) is 1. The van der Waals surface area contributed by atoms with Crippen LogP contribution < -0.4 is 5.73 Å². The number of hydrogen-bond acceptors (Lipinski definition) is 5. The molecule has 1 saturated carbocycles. The minimum absolute atomic E-state index is 0.423. The number of pyridine rings is 1. The molecule has 2 N–H and O–H groups in total. The van der Waals surface area contributed by atoms with Crippen molar-refractivity contribution < 1.29 is 4.52 Å². The van der Waals surface area contributed by atoms with E-state index < -0.39 is 5.54 Å². The summed E-state index contributed by atoms with van der Waals surface area (Å²) < 4.78 is 5.29. The lowest BCUT2D eigenvalue weighted by atomic mass is 9.99. The maximum absolute atomic E-state index is 6.26. The summed E-state index contributed by atoms with van der Waals surface area (Å²) >= 11 is 0. The lowest BCUT2D eigenvalue weighted by Crippen LogP contribution is -2.33. The molecule has 1 aliphatic carbocycles. The van der Waals surface area contributed by atoms with E-state index in [1.807, 2.05) is 12.1 Å². The van der Waals surface area contributed by atoms with Gasteiger partial charge < -0.3 is 10.3 Å². The molecule has 5 nitrogen and oxygen atoms in total. The highest BCUT2D eigenvalue weighted by atomic mass is 16.5. The Balaban J connectivity index is 1.93. The second-order valence-electron chi connectivity index (χ2n) is 4.53. The van der Waals surface area contributed by atoms with E-state index in [1.165, 1.54) is 0 Å². The molecule has 1 fully saturated rings. The van der Waals surface area contributed by atoms with Crippen LogP contribution in [0.3, 0.4) is 0 Å². The molecule has 0 spiro atoms. The maximum atomic E-state index is 6.26. The summed E-state index contributed by atoms with van der Waals surface area (Å²) in [6.45, 7) is 0. The van der Waals surface area contributed by atoms with Crippen LogP contribution in [0.4, 0.5) is 0 Å². The second-order valence-corrected chi connectivity index (χ2v) is 4.53. The van der Waals surface area contributed by atoms with Gasteiger partial charge in [-0.1, -0.05) is 18.0 Å². The van der Waals surface area contributed by atoms with Gasteiger partial charge in [0.15, 0.2) is 0 Å². The summed E-state index contributed by atoms with van der Waals surface area (Å²) in [5, 5.41) is 3.97. The van der Waals surface area contributed by atoms with Crippen molar-refractivity contribution in [3.8, 4) is 11.4 Å². The van der Waals surface area contributed by atoms with Crippen LogP contribution in [0.25, 0.3) is 11.4 Å². The third-order valence-corrected chi connectivity index (χ3v) is 3.27. The number of aromatic nitrogens is 3. The Morgan fingerprint density at radius 2 is 2.12 bits per heavy atom. The fourth-order valence-corrected chi connectivity index (χ4v) is 2.26. The summed E-state index contributed by atoms with van der Waals surface area (Å²) in [5.41, 5.74) is 6.69. The first kappa shape index (κ1) is 10.4. The van der Waals surface area contributed by atoms with Gasteiger partial charge in [-0.2, -0.15) is 4.98 Å². The van der Waals surface area contributed by atoms with Gasteiger partial charge in [-0.25, -0.2) is 0 Å². The lowest BCUT2D eigenvalue weighted by Gasteiger charge is -2.17. The normalized spacial score (nSPS) is 18.4. The molecule has 0 saturated heterocycles. The van der Waals surface area contributed by atoms with Gasteiger partial charge in [0.25, 0.3) is 0 Å². The van der Waals surface area contributed by atoms with Gasteiger partial charge in [-0.3, -0.25) is 4.98 Å². The highest BCUT2D eigenvalue weighted by Crippen LogP contribution is 2.35. The van der Waals surface area contributed by atoms with Crippen molar-refractivity contribution in [1.82, 2.24) is 15.1 Å². The quantitative estimate of drug-likeness (QED) is 0.851. The van der Waals surface area contributed by atoms with Crippen LogP contribution in [0.5, 0.6) is 0 Å². The van der Waals surface area contributed by atoms with Crippen molar-refractivity contribution in [3.05, 3.63) is 30.4 Å². The summed E-state index contributed by atoms with van der Waals surface area (Å²) in [7, 11) is 0. The Hall–Kier alpha value is -1.75. The first-order valence-corrected chi connectivity index (χ1v) is 5.81. The Morgan fingerprint density at radius 3 is 2.82 bits per heavy atom. The van der Waals surface area contributed by atoms with Gasteiger partial charge in [-0.05, 0) is 25.0 Å². The predicted molar refractivity (Wildman–Crippen MR) is 61.9 cm³/mol. The van der Waals surface area contributed by atoms with Crippen molar-refractivity contribution in [1.29, 1.82) is 0 Å². The Bertz CT molecular complexity index is 502. The molecule has 0 radical (unpaired) electrons. The Kier molecular flexibility index (Phi) is 2.40. The summed E-state index contributed by atoms with van der Waals surface area (Å²) in [5.74, 6) is 1.11. The third-order valence-electron chi connectivity index (χ3n) is 3.27. The molecule has 2 aromatic rings. The average Bonchev–Trinajstić information content (AvgIpc) is 2.99. The van der Waals surface area contributed by atoms with E-state index in [-0.39, 0.29) is 0 Å². The van der Waals surface area contributed by atoms with Crippen LogP contribution in [0, 0.1) is 0 Å². The number of hydrogen-bond donors (Lipinski definition) is 1. The van der Waals surface area contributed by atoms with Crippen LogP contribution in [0.2, 0.25) is 0 Å². The first-order chi connectivity index (χ1) is 8.28. The molecular formula is C12H14N4O. The largest absolute Gasteiger partial charge is 0.337 e. The highest BCUT2D eigenvalue weighted by Gasteiger charge is 2.36. The highest BCUT2D eigenvalue weighted by molar-refractivity contribution is 5.52. The van der Waals surface area contributed by atoms with Crippen molar-refractivity contribution in [2.75, 3.05) is 0 Å². The van der Waals surface area contributed by atoms with Crippen LogP contribution >= 0.6 is 0 Å². The Morgan fingerprint density at radius 1 is 1.29 bits per heavy atom. The lowest BCUT2D eigenvalue weighted by molar-refractivity contribution is 0.285. The monoisotopic (exact) mass is 230 g/mol.